The molecule has 1 aromatic carbocycles. The molecule has 5 heteroatoms. The summed E-state index contributed by atoms with van der Waals surface area (Å²) in [5, 5.41) is 0. The lowest BCUT2D eigenvalue weighted by Crippen LogP contribution is -2.18. The lowest BCUT2D eigenvalue weighted by Gasteiger charge is -2.21. The van der Waals surface area contributed by atoms with Crippen LogP contribution in [0.1, 0.15) is 5.69 Å². The molecule has 0 amide bonds. The Morgan fingerprint density at radius 2 is 2.16 bits per heavy atom. The fourth-order valence-electron chi connectivity index (χ4n) is 1.86. The molecule has 0 saturated heterocycles. The van der Waals surface area contributed by atoms with Crippen LogP contribution in [0.5, 0.6) is 5.75 Å². The van der Waals surface area contributed by atoms with Crippen LogP contribution in [0.3, 0.4) is 0 Å². The number of halogens is 1. The molecular formula is C14H16FN3O. The van der Waals surface area contributed by atoms with Gasteiger partial charge in [0, 0.05) is 25.4 Å². The van der Waals surface area contributed by atoms with Gasteiger partial charge in [0.25, 0.3) is 0 Å². The zero-order chi connectivity index (χ0) is 13.8. The predicted molar refractivity (Wildman–Crippen MR) is 73.7 cm³/mol. The Balaban J connectivity index is 2.26. The van der Waals surface area contributed by atoms with E-state index in [-0.39, 0.29) is 5.75 Å². The largest absolute Gasteiger partial charge is 0.494 e. The number of nitrogens with two attached hydrogens (primary N) is 1. The minimum atomic E-state index is -0.463. The molecule has 4 nitrogen and oxygen atoms in total. The Morgan fingerprint density at radius 3 is 2.79 bits per heavy atom. The summed E-state index contributed by atoms with van der Waals surface area (Å²) in [5.74, 6) is -0.285. The van der Waals surface area contributed by atoms with Gasteiger partial charge in [-0.15, -0.1) is 0 Å². The minimum Gasteiger partial charge on any atom is -0.494 e. The number of methoxy groups -OCH3 is 1. The van der Waals surface area contributed by atoms with Crippen molar-refractivity contribution in [3.8, 4) is 5.75 Å². The molecule has 1 heterocycles. The quantitative estimate of drug-likeness (QED) is 0.859. The number of aromatic nitrogens is 1. The van der Waals surface area contributed by atoms with E-state index < -0.39 is 5.82 Å². The van der Waals surface area contributed by atoms with Crippen LogP contribution in [0.2, 0.25) is 0 Å². The van der Waals surface area contributed by atoms with Crippen LogP contribution in [0.4, 0.5) is 15.8 Å². The van der Waals surface area contributed by atoms with Crippen molar-refractivity contribution in [2.45, 2.75) is 6.54 Å². The Kier molecular flexibility index (Phi) is 3.85. The van der Waals surface area contributed by atoms with Gasteiger partial charge in [-0.2, -0.15) is 0 Å². The zero-order valence-corrected chi connectivity index (χ0v) is 10.9. The Labute approximate surface area is 111 Å². The van der Waals surface area contributed by atoms with Crippen LogP contribution in [0, 0.1) is 5.82 Å². The van der Waals surface area contributed by atoms with Gasteiger partial charge >= 0.3 is 0 Å². The van der Waals surface area contributed by atoms with E-state index in [1.54, 1.807) is 12.3 Å². The van der Waals surface area contributed by atoms with Crippen LogP contribution >= 0.6 is 0 Å². The normalized spacial score (nSPS) is 10.3. The lowest BCUT2D eigenvalue weighted by molar-refractivity contribution is 0.387. The average molecular weight is 261 g/mol. The van der Waals surface area contributed by atoms with Crippen LogP contribution in [-0.4, -0.2) is 19.1 Å². The summed E-state index contributed by atoms with van der Waals surface area (Å²) < 4.78 is 18.5. The highest BCUT2D eigenvalue weighted by Gasteiger charge is 2.12. The molecule has 2 rings (SSSR count). The topological polar surface area (TPSA) is 51.4 Å². The summed E-state index contributed by atoms with van der Waals surface area (Å²) >= 11 is 0. The highest BCUT2D eigenvalue weighted by atomic mass is 19.1. The molecule has 0 aliphatic rings. The van der Waals surface area contributed by atoms with Crippen molar-refractivity contribution in [3.05, 3.63) is 48.0 Å². The first kappa shape index (κ1) is 13.1. The molecule has 2 aromatic rings. The van der Waals surface area contributed by atoms with Gasteiger partial charge in [-0.3, -0.25) is 4.98 Å². The molecule has 19 heavy (non-hydrogen) atoms. The third-order valence-corrected chi connectivity index (χ3v) is 2.84. The molecular weight excluding hydrogens is 245 g/mol. The number of benzene rings is 1. The second-order valence-electron chi connectivity index (χ2n) is 4.22. The van der Waals surface area contributed by atoms with Gasteiger partial charge in [0.15, 0.2) is 11.6 Å². The maximum Gasteiger partial charge on any atom is 0.167 e. The third kappa shape index (κ3) is 2.93. The second kappa shape index (κ2) is 5.56. The first-order valence-electron chi connectivity index (χ1n) is 5.86. The smallest absolute Gasteiger partial charge is 0.167 e. The van der Waals surface area contributed by atoms with Crippen molar-refractivity contribution in [3.63, 3.8) is 0 Å². The number of pyridine rings is 1. The molecule has 0 spiro atoms. The fourth-order valence-corrected chi connectivity index (χ4v) is 1.86. The third-order valence-electron chi connectivity index (χ3n) is 2.84. The van der Waals surface area contributed by atoms with E-state index in [4.69, 9.17) is 10.5 Å². The van der Waals surface area contributed by atoms with E-state index in [9.17, 15) is 4.39 Å². The summed E-state index contributed by atoms with van der Waals surface area (Å²) in [6, 6.07) is 8.56. The molecule has 0 saturated carbocycles. The molecule has 0 radical (unpaired) electrons. The van der Waals surface area contributed by atoms with E-state index in [2.05, 4.69) is 4.98 Å². The first-order valence-corrected chi connectivity index (χ1v) is 5.86. The summed E-state index contributed by atoms with van der Waals surface area (Å²) in [6.45, 7) is 0.583. The SMILES string of the molecule is COc1cc(N(C)Cc2ccccn2)c(N)cc1F. The first-order chi connectivity index (χ1) is 9.11. The van der Waals surface area contributed by atoms with Crippen molar-refractivity contribution in [2.75, 3.05) is 24.8 Å². The number of hydrogen-bond acceptors (Lipinski definition) is 4. The van der Waals surface area contributed by atoms with E-state index in [1.165, 1.54) is 13.2 Å². The zero-order valence-electron chi connectivity index (χ0n) is 10.9. The van der Waals surface area contributed by atoms with Gasteiger partial charge in [0.2, 0.25) is 0 Å². The van der Waals surface area contributed by atoms with Gasteiger partial charge in [-0.25, -0.2) is 4.39 Å². The molecule has 0 atom stereocenters. The molecule has 0 fully saturated rings. The van der Waals surface area contributed by atoms with Gasteiger partial charge in [0.05, 0.1) is 30.7 Å². The van der Waals surface area contributed by atoms with Crippen LogP contribution in [0.25, 0.3) is 0 Å². The molecule has 0 aliphatic heterocycles. The van der Waals surface area contributed by atoms with Gasteiger partial charge in [0.1, 0.15) is 0 Å². The maximum absolute atomic E-state index is 13.5. The van der Waals surface area contributed by atoms with E-state index in [0.717, 1.165) is 5.69 Å². The standard InChI is InChI=1S/C14H16FN3O/c1-18(9-10-5-3-4-6-17-10)13-8-14(19-2)11(15)7-12(13)16/h3-8H,9,16H2,1-2H3. The van der Waals surface area contributed by atoms with Crippen molar-refractivity contribution in [2.24, 2.45) is 0 Å². The molecule has 1 aromatic heterocycles. The Bertz CT molecular complexity index is 560. The number of anilines is 2. The maximum atomic E-state index is 13.5. The van der Waals surface area contributed by atoms with E-state index in [0.29, 0.717) is 17.9 Å². The molecule has 0 aliphatic carbocycles. The highest BCUT2D eigenvalue weighted by molar-refractivity contribution is 5.69. The van der Waals surface area contributed by atoms with Crippen molar-refractivity contribution < 1.29 is 9.13 Å². The minimum absolute atomic E-state index is 0.178. The summed E-state index contributed by atoms with van der Waals surface area (Å²) in [6.07, 6.45) is 1.73. The van der Waals surface area contributed by atoms with Gasteiger partial charge in [-0.05, 0) is 12.1 Å². The number of nitrogen functional groups attached to an aromatic ring is 1. The molecule has 0 bridgehead atoms. The van der Waals surface area contributed by atoms with E-state index in [1.807, 2.05) is 30.1 Å². The fraction of sp³-hybridized carbons (Fsp3) is 0.214. The van der Waals surface area contributed by atoms with E-state index >= 15 is 0 Å². The Hall–Kier alpha value is -2.30. The van der Waals surface area contributed by atoms with Gasteiger partial charge in [-0.1, -0.05) is 6.07 Å². The number of nitrogens with zero attached hydrogens (tertiary/aromatic N) is 2. The van der Waals surface area contributed by atoms with Crippen molar-refractivity contribution in [1.82, 2.24) is 4.98 Å². The van der Waals surface area contributed by atoms with Gasteiger partial charge < -0.3 is 15.4 Å². The predicted octanol–water partition coefficient (Wildman–Crippen LogP) is 2.45. The summed E-state index contributed by atoms with van der Waals surface area (Å²) in [4.78, 5) is 6.15. The number of hydrogen-bond donors (Lipinski definition) is 1. The average Bonchev–Trinajstić information content (AvgIpc) is 2.40. The number of rotatable bonds is 4. The Morgan fingerprint density at radius 1 is 1.37 bits per heavy atom. The molecule has 100 valence electrons. The summed E-state index contributed by atoms with van der Waals surface area (Å²) in [5.41, 5.74) is 7.84. The van der Waals surface area contributed by atoms with Crippen LogP contribution in [-0.2, 0) is 6.54 Å². The summed E-state index contributed by atoms with van der Waals surface area (Å²) in [7, 11) is 3.30. The van der Waals surface area contributed by atoms with Crippen molar-refractivity contribution in [1.29, 1.82) is 0 Å². The molecule has 2 N–H and O–H groups in total. The highest BCUT2D eigenvalue weighted by Crippen LogP contribution is 2.30. The monoisotopic (exact) mass is 261 g/mol. The van der Waals surface area contributed by atoms with Crippen LogP contribution < -0.4 is 15.4 Å². The lowest BCUT2D eigenvalue weighted by atomic mass is 10.2. The van der Waals surface area contributed by atoms with Crippen LogP contribution in [0.15, 0.2) is 36.5 Å². The molecule has 0 unspecified atom stereocenters. The van der Waals surface area contributed by atoms with Crippen molar-refractivity contribution >= 4 is 11.4 Å². The number of ether oxygens (including phenoxy) is 1. The second-order valence-corrected chi connectivity index (χ2v) is 4.22.